The number of amides is 1. The van der Waals surface area contributed by atoms with Crippen LogP contribution in [0.1, 0.15) is 16.1 Å². The Balaban J connectivity index is 1.64. The van der Waals surface area contributed by atoms with Gasteiger partial charge in [0, 0.05) is 18.0 Å². The van der Waals surface area contributed by atoms with Crippen molar-refractivity contribution in [3.63, 3.8) is 0 Å². The van der Waals surface area contributed by atoms with Crippen LogP contribution in [0.15, 0.2) is 77.6 Å². The lowest BCUT2D eigenvalue weighted by Gasteiger charge is -2.08. The predicted molar refractivity (Wildman–Crippen MR) is 108 cm³/mol. The van der Waals surface area contributed by atoms with E-state index in [0.717, 1.165) is 10.9 Å². The number of fused-ring (bicyclic) bond motifs is 1. The number of carbonyl (C=O) groups excluding carboxylic acids is 1. The zero-order valence-corrected chi connectivity index (χ0v) is 15.4. The van der Waals surface area contributed by atoms with E-state index in [1.165, 1.54) is 10.6 Å². The lowest BCUT2D eigenvalue weighted by Crippen LogP contribution is -2.23. The number of hydrogen-bond donors (Lipinski definition) is 2. The zero-order chi connectivity index (χ0) is 20.2. The molecule has 0 aliphatic heterocycles. The van der Waals surface area contributed by atoms with Crippen LogP contribution in [0.4, 0.5) is 4.39 Å². The minimum Gasteiger partial charge on any atom is -0.463 e. The van der Waals surface area contributed by atoms with Crippen LogP contribution in [0.25, 0.3) is 16.7 Å². The molecule has 0 aliphatic carbocycles. The highest BCUT2D eigenvalue weighted by atomic mass is 19.1. The molecular weight excluding hydrogens is 373 g/mol. The highest BCUT2D eigenvalue weighted by Crippen LogP contribution is 2.20. The minimum absolute atomic E-state index is 0.255. The van der Waals surface area contributed by atoms with Gasteiger partial charge in [0.1, 0.15) is 17.1 Å². The lowest BCUT2D eigenvalue weighted by atomic mass is 10.2. The van der Waals surface area contributed by atoms with Gasteiger partial charge in [-0.2, -0.15) is 0 Å². The molecule has 2 heterocycles. The van der Waals surface area contributed by atoms with Gasteiger partial charge >= 0.3 is 0 Å². The summed E-state index contributed by atoms with van der Waals surface area (Å²) in [5, 5.41) is 3.58. The molecule has 0 unspecified atom stereocenters. The van der Waals surface area contributed by atoms with Crippen molar-refractivity contribution < 1.29 is 13.9 Å². The van der Waals surface area contributed by atoms with Gasteiger partial charge in [-0.1, -0.05) is 30.3 Å². The van der Waals surface area contributed by atoms with Gasteiger partial charge in [-0.15, -0.1) is 0 Å². The number of rotatable bonds is 6. The van der Waals surface area contributed by atoms with E-state index in [-0.39, 0.29) is 11.5 Å². The van der Waals surface area contributed by atoms with Gasteiger partial charge in [-0.05, 0) is 42.0 Å². The number of alkyl halides is 1. The summed E-state index contributed by atoms with van der Waals surface area (Å²) in [4.78, 5) is 28.1. The Labute approximate surface area is 165 Å². The maximum Gasteiger partial charge on any atom is 0.268 e. The molecular formula is C22H18FN3O3. The molecule has 0 spiro atoms. The number of benzene rings is 2. The summed E-state index contributed by atoms with van der Waals surface area (Å²) in [6, 6.07) is 20.9. The smallest absolute Gasteiger partial charge is 0.268 e. The molecule has 29 heavy (non-hydrogen) atoms. The number of aromatic nitrogens is 2. The number of H-pyrrole nitrogens is 1. The van der Waals surface area contributed by atoms with Crippen molar-refractivity contribution in [1.29, 1.82) is 0 Å². The van der Waals surface area contributed by atoms with E-state index >= 15 is 0 Å². The van der Waals surface area contributed by atoms with Crippen LogP contribution in [0.2, 0.25) is 0 Å². The molecule has 0 saturated carbocycles. The van der Waals surface area contributed by atoms with Crippen molar-refractivity contribution in [3.8, 4) is 11.4 Å². The molecule has 0 bridgehead atoms. The van der Waals surface area contributed by atoms with E-state index in [4.69, 9.17) is 4.74 Å². The summed E-state index contributed by atoms with van der Waals surface area (Å²) in [5.74, 6) is 0.0969. The van der Waals surface area contributed by atoms with E-state index in [1.807, 2.05) is 30.3 Å². The fraction of sp³-hybridized carbons (Fsp3) is 0.0909. The Morgan fingerprint density at radius 1 is 1.03 bits per heavy atom. The monoisotopic (exact) mass is 391 g/mol. The highest BCUT2D eigenvalue weighted by Gasteiger charge is 2.13. The topological polar surface area (TPSA) is 76.1 Å². The van der Waals surface area contributed by atoms with Gasteiger partial charge in [0.25, 0.3) is 11.5 Å². The molecule has 4 aromatic rings. The number of nitrogens with zero attached hydrogens (tertiary/aromatic N) is 1. The first-order valence-corrected chi connectivity index (χ1v) is 9.02. The van der Waals surface area contributed by atoms with Gasteiger partial charge in [0.05, 0.1) is 5.69 Å². The molecule has 2 aromatic heterocycles. The maximum atomic E-state index is 12.6. The maximum absolute atomic E-state index is 12.6. The zero-order valence-electron chi connectivity index (χ0n) is 15.4. The summed E-state index contributed by atoms with van der Waals surface area (Å²) in [6.45, 7) is -0.523. The Morgan fingerprint density at radius 2 is 1.79 bits per heavy atom. The van der Waals surface area contributed by atoms with Gasteiger partial charge in [-0.3, -0.25) is 14.2 Å². The van der Waals surface area contributed by atoms with Crippen LogP contribution in [0, 0.1) is 0 Å². The molecule has 2 N–H and O–H groups in total. The largest absolute Gasteiger partial charge is 0.463 e. The van der Waals surface area contributed by atoms with Crippen LogP contribution in [-0.2, 0) is 6.54 Å². The van der Waals surface area contributed by atoms with Crippen molar-refractivity contribution in [3.05, 3.63) is 94.4 Å². The molecule has 2 aromatic carbocycles. The predicted octanol–water partition coefficient (Wildman–Crippen LogP) is 3.55. The van der Waals surface area contributed by atoms with Gasteiger partial charge in [-0.25, -0.2) is 4.39 Å². The van der Waals surface area contributed by atoms with Crippen molar-refractivity contribution in [2.24, 2.45) is 0 Å². The first kappa shape index (κ1) is 18.5. The molecule has 6 nitrogen and oxygen atoms in total. The molecule has 7 heteroatoms. The van der Waals surface area contributed by atoms with Gasteiger partial charge in [0.15, 0.2) is 0 Å². The number of pyridine rings is 1. The summed E-state index contributed by atoms with van der Waals surface area (Å²) in [5.41, 5.74) is 2.17. The summed E-state index contributed by atoms with van der Waals surface area (Å²) in [6.07, 6.45) is 0. The normalized spacial score (nSPS) is 10.8. The first-order chi connectivity index (χ1) is 14.2. The molecule has 0 atom stereocenters. The number of ether oxygens (including phenoxy) is 1. The fourth-order valence-corrected chi connectivity index (χ4v) is 3.12. The van der Waals surface area contributed by atoms with Crippen LogP contribution in [0.5, 0.6) is 5.75 Å². The quantitative estimate of drug-likeness (QED) is 0.528. The van der Waals surface area contributed by atoms with Crippen LogP contribution in [-0.4, -0.2) is 22.3 Å². The van der Waals surface area contributed by atoms with Crippen LogP contribution in [0.3, 0.4) is 0 Å². The fourth-order valence-electron chi connectivity index (χ4n) is 3.12. The van der Waals surface area contributed by atoms with Crippen LogP contribution < -0.4 is 15.6 Å². The Bertz CT molecular complexity index is 1200. The Kier molecular flexibility index (Phi) is 5.11. The van der Waals surface area contributed by atoms with Crippen molar-refractivity contribution in [2.75, 3.05) is 6.86 Å². The van der Waals surface area contributed by atoms with Crippen molar-refractivity contribution >= 4 is 16.9 Å². The summed E-state index contributed by atoms with van der Waals surface area (Å²) in [7, 11) is 0. The molecule has 0 aliphatic rings. The molecule has 0 radical (unpaired) electrons. The third kappa shape index (κ3) is 3.89. The number of aromatic amines is 1. The average molecular weight is 391 g/mol. The number of nitrogens with one attached hydrogen (secondary N) is 2. The second-order valence-electron chi connectivity index (χ2n) is 6.41. The van der Waals surface area contributed by atoms with Crippen molar-refractivity contribution in [2.45, 2.75) is 6.54 Å². The second-order valence-corrected chi connectivity index (χ2v) is 6.41. The molecule has 0 fully saturated rings. The number of hydrogen-bond acceptors (Lipinski definition) is 3. The van der Waals surface area contributed by atoms with Crippen molar-refractivity contribution in [1.82, 2.24) is 14.9 Å². The third-order valence-corrected chi connectivity index (χ3v) is 4.53. The van der Waals surface area contributed by atoms with Crippen LogP contribution >= 0.6 is 0 Å². The standard InChI is InChI=1S/C22H18FN3O3/c23-14-29-18-9-7-17(8-10-18)26-20(27)11-6-16-12-19(25-21(16)26)22(28)24-13-15-4-2-1-3-5-15/h1-12,25H,13-14H2,(H,24,28). The van der Waals surface area contributed by atoms with Gasteiger partial charge < -0.3 is 15.0 Å². The average Bonchev–Trinajstić information content (AvgIpc) is 3.18. The molecule has 1 amide bonds. The van der Waals surface area contributed by atoms with E-state index < -0.39 is 6.86 Å². The highest BCUT2D eigenvalue weighted by molar-refractivity contribution is 5.97. The Hall–Kier alpha value is -3.87. The lowest BCUT2D eigenvalue weighted by molar-refractivity contribution is 0.0946. The third-order valence-electron chi connectivity index (χ3n) is 4.53. The first-order valence-electron chi connectivity index (χ1n) is 9.02. The molecule has 4 rings (SSSR count). The SMILES string of the molecule is O=C(NCc1ccccc1)c1cc2ccc(=O)n(-c3ccc(OCF)cc3)c2[nH]1. The molecule has 0 saturated heterocycles. The van der Waals surface area contributed by atoms with E-state index in [2.05, 4.69) is 10.3 Å². The minimum atomic E-state index is -0.924. The second kappa shape index (κ2) is 8.02. The van der Waals surface area contributed by atoms with E-state index in [9.17, 15) is 14.0 Å². The molecule has 146 valence electrons. The van der Waals surface area contributed by atoms with E-state index in [1.54, 1.807) is 36.4 Å². The van der Waals surface area contributed by atoms with E-state index in [0.29, 0.717) is 29.3 Å². The summed E-state index contributed by atoms with van der Waals surface area (Å²) < 4.78 is 18.6. The summed E-state index contributed by atoms with van der Waals surface area (Å²) >= 11 is 0. The Morgan fingerprint density at radius 3 is 2.52 bits per heavy atom. The number of carbonyl (C=O) groups is 1. The van der Waals surface area contributed by atoms with Gasteiger partial charge in [0.2, 0.25) is 6.86 Å². The number of halogens is 1.